The van der Waals surface area contributed by atoms with Gasteiger partial charge in [0.2, 0.25) is 0 Å². The highest BCUT2D eigenvalue weighted by Crippen LogP contribution is 2.32. The van der Waals surface area contributed by atoms with Crippen LogP contribution in [-0.2, 0) is 6.42 Å². The minimum absolute atomic E-state index is 0.866. The molecule has 2 aromatic carbocycles. The summed E-state index contributed by atoms with van der Waals surface area (Å²) in [5.74, 6) is 1.05. The van der Waals surface area contributed by atoms with Crippen LogP contribution in [0.25, 0.3) is 22.8 Å². The van der Waals surface area contributed by atoms with Gasteiger partial charge in [0.1, 0.15) is 0 Å². The van der Waals surface area contributed by atoms with Crippen LogP contribution in [0.2, 0.25) is 0 Å². The fraction of sp³-hybridized carbons (Fsp3) is 0.521. The summed E-state index contributed by atoms with van der Waals surface area (Å²) in [6.45, 7) is 34.2. The average Bonchev–Trinajstić information content (AvgIpc) is 3.61. The van der Waals surface area contributed by atoms with Crippen LogP contribution in [0.5, 0.6) is 0 Å². The lowest BCUT2D eigenvalue weighted by Crippen LogP contribution is -2.05. The van der Waals surface area contributed by atoms with E-state index in [0.717, 1.165) is 40.3 Å². The van der Waals surface area contributed by atoms with Crippen LogP contribution in [-0.4, -0.2) is 4.86 Å². The Morgan fingerprint density at radius 1 is 0.796 bits per heavy atom. The minimum Gasteiger partial charge on any atom is -0.0911 e. The number of aryl methyl sites for hydroxylation is 2. The Bertz CT molecular complexity index is 1300. The fourth-order valence-corrected chi connectivity index (χ4v) is 5.70. The van der Waals surface area contributed by atoms with E-state index < -0.39 is 0 Å². The zero-order valence-electron chi connectivity index (χ0n) is 34.6. The second kappa shape index (κ2) is 30.1. The number of benzene rings is 2. The predicted molar refractivity (Wildman–Crippen MR) is 234 cm³/mol. The smallest absolute Gasteiger partial charge is 0.0267 e. The van der Waals surface area contributed by atoms with E-state index in [9.17, 15) is 0 Å². The molecular formula is C48H76S. The van der Waals surface area contributed by atoms with Crippen molar-refractivity contribution < 1.29 is 0 Å². The van der Waals surface area contributed by atoms with Crippen LogP contribution in [0.4, 0.5) is 0 Å². The summed E-state index contributed by atoms with van der Waals surface area (Å²) in [7, 11) is 0. The largest absolute Gasteiger partial charge is 0.0911 e. The van der Waals surface area contributed by atoms with Crippen molar-refractivity contribution in [2.45, 2.75) is 161 Å². The summed E-state index contributed by atoms with van der Waals surface area (Å²) < 4.78 is 0. The predicted octanol–water partition coefficient (Wildman–Crippen LogP) is 16.7. The number of thiocarbonyl (C=S) groups is 1. The third-order valence-corrected chi connectivity index (χ3v) is 8.85. The van der Waals surface area contributed by atoms with E-state index >= 15 is 0 Å². The first-order valence-electron chi connectivity index (χ1n) is 19.7. The van der Waals surface area contributed by atoms with Crippen LogP contribution >= 0.6 is 12.2 Å². The van der Waals surface area contributed by atoms with Gasteiger partial charge in [0.05, 0.1) is 0 Å². The molecule has 2 aliphatic rings. The van der Waals surface area contributed by atoms with E-state index in [0.29, 0.717) is 0 Å². The lowest BCUT2D eigenvalue weighted by molar-refractivity contribution is 0.612. The van der Waals surface area contributed by atoms with Gasteiger partial charge in [-0.25, -0.2) is 0 Å². The molecule has 274 valence electrons. The summed E-state index contributed by atoms with van der Waals surface area (Å²) in [5.41, 5.74) is 12.2. The fourth-order valence-electron chi connectivity index (χ4n) is 5.25. The second-order valence-electron chi connectivity index (χ2n) is 12.7. The maximum atomic E-state index is 5.65. The molecule has 0 heterocycles. The molecule has 0 bridgehead atoms. The number of unbranched alkanes of at least 4 members (excludes halogenated alkanes) is 2. The topological polar surface area (TPSA) is 0 Å². The minimum atomic E-state index is 0.866. The van der Waals surface area contributed by atoms with E-state index in [1.807, 2.05) is 27.7 Å². The molecule has 2 aromatic rings. The Morgan fingerprint density at radius 3 is 1.73 bits per heavy atom. The van der Waals surface area contributed by atoms with Gasteiger partial charge in [0, 0.05) is 11.3 Å². The van der Waals surface area contributed by atoms with Gasteiger partial charge in [-0.3, -0.25) is 0 Å². The van der Waals surface area contributed by atoms with Crippen LogP contribution in [0.1, 0.15) is 170 Å². The zero-order chi connectivity index (χ0) is 37.8. The maximum Gasteiger partial charge on any atom is 0.0267 e. The molecule has 0 spiro atoms. The Hall–Kier alpha value is -2.77. The SMILES string of the molecule is C=C(/C=C/C1=C(C)C=C(C)CC1=S)c1cc(-c2ccc(CC)cc2)cc(C)c1/C=C\C.CC.CC.CC1CCCC1.CCCC.CCCC. The molecule has 0 unspecified atom stereocenters. The van der Waals surface area contributed by atoms with Crippen molar-refractivity contribution in [1.82, 2.24) is 0 Å². The molecule has 0 saturated heterocycles. The summed E-state index contributed by atoms with van der Waals surface area (Å²) in [6, 6.07) is 13.4. The summed E-state index contributed by atoms with van der Waals surface area (Å²) in [5, 5.41) is 0. The van der Waals surface area contributed by atoms with Crippen molar-refractivity contribution >= 4 is 28.7 Å². The van der Waals surface area contributed by atoms with E-state index in [2.05, 4.69) is 143 Å². The molecule has 0 radical (unpaired) electrons. The van der Waals surface area contributed by atoms with Gasteiger partial charge >= 0.3 is 0 Å². The third kappa shape index (κ3) is 19.3. The quantitative estimate of drug-likeness (QED) is 0.197. The first-order valence-corrected chi connectivity index (χ1v) is 20.1. The molecule has 49 heavy (non-hydrogen) atoms. The Kier molecular flexibility index (Phi) is 29.7. The van der Waals surface area contributed by atoms with Crippen molar-refractivity contribution in [2.24, 2.45) is 5.92 Å². The monoisotopic (exact) mass is 685 g/mol. The molecule has 1 heteroatoms. The molecule has 4 rings (SSSR count). The lowest BCUT2D eigenvalue weighted by atomic mass is 9.89. The first-order chi connectivity index (χ1) is 23.6. The van der Waals surface area contributed by atoms with Crippen molar-refractivity contribution in [2.75, 3.05) is 0 Å². The Balaban J connectivity index is 0. The molecular weight excluding hydrogens is 609 g/mol. The van der Waals surface area contributed by atoms with Gasteiger partial charge in [-0.2, -0.15) is 0 Å². The van der Waals surface area contributed by atoms with E-state index in [1.54, 1.807) is 0 Å². The number of hydrogen-bond acceptors (Lipinski definition) is 1. The van der Waals surface area contributed by atoms with Gasteiger partial charge in [-0.05, 0) is 96.2 Å². The average molecular weight is 685 g/mol. The van der Waals surface area contributed by atoms with Crippen LogP contribution in [0.3, 0.4) is 0 Å². The lowest BCUT2D eigenvalue weighted by Gasteiger charge is -2.16. The molecule has 0 atom stereocenters. The molecule has 0 N–H and O–H groups in total. The van der Waals surface area contributed by atoms with Crippen molar-refractivity contribution in [3.8, 4) is 11.1 Å². The van der Waals surface area contributed by atoms with Crippen molar-refractivity contribution in [3.05, 3.63) is 106 Å². The van der Waals surface area contributed by atoms with E-state index in [4.69, 9.17) is 12.2 Å². The Labute approximate surface area is 312 Å². The highest BCUT2D eigenvalue weighted by atomic mass is 32.1. The highest BCUT2D eigenvalue weighted by molar-refractivity contribution is 7.80. The number of allylic oxidation sites excluding steroid dienone is 8. The standard InChI is InChI=1S/C30H32S.C6H12.2C4H10.2C2H6/c1-7-9-27-23(6)18-26(25-13-11-24(8-2)12-14-25)19-29(27)21(4)10-15-28-22(5)16-20(3)17-30(28)31;1-6-4-2-3-5-6;2*1-3-4-2;2*1-2/h7,9-16,18-19H,4,8,17H2,1-3,5-6H3;6H,2-5H2,1H3;2*3-4H2,1-2H3;2*1-2H3/b9-7-,15-10+;;;;;. The number of rotatable bonds is 8. The zero-order valence-corrected chi connectivity index (χ0v) is 35.4. The van der Waals surface area contributed by atoms with Crippen LogP contribution in [0.15, 0.2) is 84.0 Å². The summed E-state index contributed by atoms with van der Waals surface area (Å²) in [4.78, 5) is 1.01. The molecule has 2 aliphatic carbocycles. The Morgan fingerprint density at radius 2 is 1.33 bits per heavy atom. The second-order valence-corrected chi connectivity index (χ2v) is 13.2. The molecule has 1 saturated carbocycles. The summed E-state index contributed by atoms with van der Waals surface area (Å²) >= 11 is 5.65. The van der Waals surface area contributed by atoms with E-state index in [1.165, 1.54) is 90.3 Å². The third-order valence-electron chi connectivity index (χ3n) is 8.48. The molecule has 1 fully saturated rings. The van der Waals surface area contributed by atoms with Crippen molar-refractivity contribution in [1.29, 1.82) is 0 Å². The summed E-state index contributed by atoms with van der Waals surface area (Å²) in [6.07, 6.45) is 23.9. The molecule has 0 aliphatic heterocycles. The van der Waals surface area contributed by atoms with E-state index in [-0.39, 0.29) is 0 Å². The maximum absolute atomic E-state index is 5.65. The number of hydrogen-bond donors (Lipinski definition) is 0. The molecule has 0 amide bonds. The van der Waals surface area contributed by atoms with Gasteiger partial charge in [-0.1, -0.05) is 206 Å². The van der Waals surface area contributed by atoms with Gasteiger partial charge in [-0.15, -0.1) is 0 Å². The van der Waals surface area contributed by atoms with Crippen molar-refractivity contribution in [3.63, 3.8) is 0 Å². The van der Waals surface area contributed by atoms with Gasteiger partial charge in [0.15, 0.2) is 0 Å². The normalized spacial score (nSPS) is 13.8. The molecule has 0 nitrogen and oxygen atoms in total. The van der Waals surface area contributed by atoms with Crippen LogP contribution in [0, 0.1) is 12.8 Å². The van der Waals surface area contributed by atoms with Gasteiger partial charge < -0.3 is 0 Å². The van der Waals surface area contributed by atoms with Gasteiger partial charge in [0.25, 0.3) is 0 Å². The first kappa shape index (κ1) is 48.3. The molecule has 0 aromatic heterocycles. The highest BCUT2D eigenvalue weighted by Gasteiger charge is 2.13. The van der Waals surface area contributed by atoms with Crippen LogP contribution < -0.4 is 0 Å².